The summed E-state index contributed by atoms with van der Waals surface area (Å²) in [7, 11) is 0. The van der Waals surface area contributed by atoms with Gasteiger partial charge in [-0.2, -0.15) is 0 Å². The minimum Gasteiger partial charge on any atom is -0.348 e. The van der Waals surface area contributed by atoms with Crippen molar-refractivity contribution in [2.75, 3.05) is 0 Å². The van der Waals surface area contributed by atoms with Crippen LogP contribution in [0.25, 0.3) is 0 Å². The van der Waals surface area contributed by atoms with Crippen LogP contribution in [0.4, 0.5) is 0 Å². The van der Waals surface area contributed by atoms with Crippen LogP contribution < -0.4 is 5.32 Å². The van der Waals surface area contributed by atoms with Crippen LogP contribution in [0.3, 0.4) is 0 Å². The van der Waals surface area contributed by atoms with Crippen LogP contribution in [-0.2, 0) is 14.4 Å². The SMILES string of the molecule is CC(C)C(NC(=O)C[C@@H](C)C1CC[C@H]2C3CC(=O)C4CC(=O)CCC4(C)[C@H]3CCC12C)c1ccc(Cl)s1. The maximum absolute atomic E-state index is 13.4. The summed E-state index contributed by atoms with van der Waals surface area (Å²) in [6, 6.07) is 3.93. The van der Waals surface area contributed by atoms with Crippen LogP contribution >= 0.6 is 22.9 Å². The van der Waals surface area contributed by atoms with Gasteiger partial charge in [0.2, 0.25) is 5.91 Å². The number of halogens is 1. The molecule has 1 heterocycles. The quantitative estimate of drug-likeness (QED) is 0.399. The number of fused-ring (bicyclic) bond motifs is 5. The molecule has 0 radical (unpaired) electrons. The average Bonchev–Trinajstić information content (AvgIpc) is 3.41. The van der Waals surface area contributed by atoms with Crippen molar-refractivity contribution in [3.05, 3.63) is 21.3 Å². The summed E-state index contributed by atoms with van der Waals surface area (Å²) >= 11 is 7.72. The molecule has 0 aromatic carbocycles. The molecule has 0 bridgehead atoms. The van der Waals surface area contributed by atoms with Crippen molar-refractivity contribution in [1.29, 1.82) is 0 Å². The molecule has 0 aliphatic heterocycles. The van der Waals surface area contributed by atoms with Crippen LogP contribution in [0.2, 0.25) is 4.34 Å². The Bertz CT molecular complexity index is 1070. The highest BCUT2D eigenvalue weighted by Crippen LogP contribution is 2.67. The Hall–Kier alpha value is -1.20. The fraction of sp³-hybridized carbons (Fsp3) is 0.774. The van der Waals surface area contributed by atoms with E-state index in [1.807, 2.05) is 12.1 Å². The summed E-state index contributed by atoms with van der Waals surface area (Å²) in [5.41, 5.74) is 0.183. The van der Waals surface area contributed by atoms with E-state index in [0.717, 1.165) is 28.5 Å². The molecule has 5 rings (SSSR count). The van der Waals surface area contributed by atoms with E-state index in [2.05, 4.69) is 39.9 Å². The Morgan fingerprint density at radius 1 is 1.05 bits per heavy atom. The van der Waals surface area contributed by atoms with Crippen molar-refractivity contribution in [2.24, 2.45) is 52.3 Å². The first-order valence-electron chi connectivity index (χ1n) is 14.5. The first-order valence-corrected chi connectivity index (χ1v) is 15.7. The Kier molecular flexibility index (Phi) is 7.46. The third-order valence-electron chi connectivity index (χ3n) is 11.4. The second kappa shape index (κ2) is 10.1. The monoisotopic (exact) mass is 545 g/mol. The molecule has 4 fully saturated rings. The number of carbonyl (C=O) groups excluding carboxylic acids is 3. The number of hydrogen-bond acceptors (Lipinski definition) is 4. The largest absolute Gasteiger partial charge is 0.348 e. The fourth-order valence-corrected chi connectivity index (χ4v) is 10.8. The zero-order chi connectivity index (χ0) is 26.7. The number of rotatable bonds is 6. The van der Waals surface area contributed by atoms with E-state index in [-0.39, 0.29) is 34.5 Å². The number of nitrogens with one attached hydrogen (secondary N) is 1. The maximum Gasteiger partial charge on any atom is 0.220 e. The zero-order valence-electron chi connectivity index (χ0n) is 23.1. The highest BCUT2D eigenvalue weighted by molar-refractivity contribution is 7.16. The van der Waals surface area contributed by atoms with Gasteiger partial charge < -0.3 is 5.32 Å². The molecule has 1 N–H and O–H groups in total. The van der Waals surface area contributed by atoms with Gasteiger partial charge in [0.1, 0.15) is 11.6 Å². The molecule has 204 valence electrons. The summed E-state index contributed by atoms with van der Waals surface area (Å²) in [4.78, 5) is 39.9. The molecule has 0 spiro atoms. The minimum absolute atomic E-state index is 0.00459. The van der Waals surface area contributed by atoms with Gasteiger partial charge in [0.05, 0.1) is 10.4 Å². The number of carbonyl (C=O) groups is 3. The van der Waals surface area contributed by atoms with E-state index in [4.69, 9.17) is 11.6 Å². The predicted octanol–water partition coefficient (Wildman–Crippen LogP) is 7.65. The summed E-state index contributed by atoms with van der Waals surface area (Å²) in [6.07, 6.45) is 7.89. The lowest BCUT2D eigenvalue weighted by atomic mass is 9.44. The average molecular weight is 546 g/mol. The fourth-order valence-electron chi connectivity index (χ4n) is 9.54. The first-order chi connectivity index (χ1) is 17.4. The van der Waals surface area contributed by atoms with Crippen molar-refractivity contribution in [3.8, 4) is 0 Å². The molecule has 9 atom stereocenters. The number of Topliss-reactive ketones (excluding diaryl/α,β-unsaturated/α-hetero) is 2. The van der Waals surface area contributed by atoms with E-state index in [0.29, 0.717) is 67.0 Å². The summed E-state index contributed by atoms with van der Waals surface area (Å²) < 4.78 is 0.755. The third-order valence-corrected chi connectivity index (χ3v) is 12.7. The van der Waals surface area contributed by atoms with E-state index in [9.17, 15) is 14.4 Å². The van der Waals surface area contributed by atoms with Crippen LogP contribution in [0.1, 0.15) is 103 Å². The van der Waals surface area contributed by atoms with Gasteiger partial charge in [0.15, 0.2) is 0 Å². The highest BCUT2D eigenvalue weighted by atomic mass is 35.5. The minimum atomic E-state index is -0.0497. The molecule has 1 amide bonds. The van der Waals surface area contributed by atoms with E-state index >= 15 is 0 Å². The van der Waals surface area contributed by atoms with E-state index < -0.39 is 0 Å². The molecule has 4 nitrogen and oxygen atoms in total. The van der Waals surface area contributed by atoms with Crippen LogP contribution in [0.15, 0.2) is 12.1 Å². The molecule has 4 aliphatic rings. The molecule has 4 aliphatic carbocycles. The van der Waals surface area contributed by atoms with Crippen LogP contribution in [-0.4, -0.2) is 17.5 Å². The normalized spacial score (nSPS) is 39.1. The predicted molar refractivity (Wildman–Crippen MR) is 149 cm³/mol. The van der Waals surface area contributed by atoms with Crippen molar-refractivity contribution < 1.29 is 14.4 Å². The zero-order valence-corrected chi connectivity index (χ0v) is 24.7. The molecule has 4 saturated carbocycles. The number of ketones is 2. The Labute approximate surface area is 231 Å². The lowest BCUT2D eigenvalue weighted by molar-refractivity contribution is -0.159. The number of thiophene rings is 1. The molecule has 37 heavy (non-hydrogen) atoms. The molecule has 0 saturated heterocycles. The Morgan fingerprint density at radius 2 is 1.78 bits per heavy atom. The van der Waals surface area contributed by atoms with Crippen molar-refractivity contribution >= 4 is 40.4 Å². The lowest BCUT2D eigenvalue weighted by Crippen LogP contribution is -2.56. The van der Waals surface area contributed by atoms with Gasteiger partial charge in [-0.05, 0) is 90.6 Å². The standard InChI is InChI=1S/C31H44ClNO3S/c1-17(2)29(26-8-9-27(32)37-26)33-28(36)14-18(3)21-6-7-22-20-16-25(35)24-15-19(34)10-12-31(24,5)23(20)11-13-30(21,22)4/h8-9,17-18,20-24,29H,6-7,10-16H2,1-5H3,(H,33,36)/t18-,20?,21?,22+,23+,24?,29?,30?,31?/m1/s1. The van der Waals surface area contributed by atoms with E-state index in [1.54, 1.807) is 11.3 Å². The van der Waals surface area contributed by atoms with Gasteiger partial charge in [0, 0.05) is 36.5 Å². The summed E-state index contributed by atoms with van der Waals surface area (Å²) in [6.45, 7) is 11.3. The van der Waals surface area contributed by atoms with Crippen LogP contribution in [0.5, 0.6) is 0 Å². The molecule has 6 heteroatoms. The summed E-state index contributed by atoms with van der Waals surface area (Å²) in [5.74, 6) is 3.38. The third kappa shape index (κ3) is 4.75. The van der Waals surface area contributed by atoms with Gasteiger partial charge >= 0.3 is 0 Å². The van der Waals surface area contributed by atoms with Gasteiger partial charge in [-0.3, -0.25) is 14.4 Å². The maximum atomic E-state index is 13.4. The van der Waals surface area contributed by atoms with Gasteiger partial charge in [0.25, 0.3) is 0 Å². The summed E-state index contributed by atoms with van der Waals surface area (Å²) in [5, 5.41) is 3.32. The smallest absolute Gasteiger partial charge is 0.220 e. The highest BCUT2D eigenvalue weighted by Gasteiger charge is 2.62. The van der Waals surface area contributed by atoms with Gasteiger partial charge in [-0.25, -0.2) is 0 Å². The Balaban J connectivity index is 1.28. The second-order valence-electron chi connectivity index (χ2n) is 13.7. The molecule has 1 aromatic rings. The molecular weight excluding hydrogens is 502 g/mol. The molecular formula is C31H44ClNO3S. The molecule has 1 aromatic heterocycles. The first kappa shape index (κ1) is 27.4. The van der Waals surface area contributed by atoms with Gasteiger partial charge in [-0.1, -0.05) is 46.2 Å². The van der Waals surface area contributed by atoms with Crippen molar-refractivity contribution in [1.82, 2.24) is 5.32 Å². The van der Waals surface area contributed by atoms with Crippen molar-refractivity contribution in [3.63, 3.8) is 0 Å². The number of hydrogen-bond donors (Lipinski definition) is 1. The number of amides is 1. The second-order valence-corrected chi connectivity index (χ2v) is 15.4. The lowest BCUT2D eigenvalue weighted by Gasteiger charge is -2.59. The van der Waals surface area contributed by atoms with Crippen molar-refractivity contribution in [2.45, 2.75) is 98.4 Å². The molecule has 6 unspecified atom stereocenters. The van der Waals surface area contributed by atoms with Gasteiger partial charge in [-0.15, -0.1) is 11.3 Å². The Morgan fingerprint density at radius 3 is 2.46 bits per heavy atom. The topological polar surface area (TPSA) is 63.2 Å². The van der Waals surface area contributed by atoms with E-state index in [1.165, 1.54) is 12.8 Å². The van der Waals surface area contributed by atoms with Crippen LogP contribution in [0, 0.1) is 52.3 Å².